The number of hydrogen-bond acceptors (Lipinski definition) is 3. The first-order chi connectivity index (χ1) is 6.72. The quantitative estimate of drug-likeness (QED) is 0.750. The maximum absolute atomic E-state index is 8.81. The van der Waals surface area contributed by atoms with Gasteiger partial charge in [0.15, 0.2) is 0 Å². The Morgan fingerprint density at radius 3 is 2.86 bits per heavy atom. The highest BCUT2D eigenvalue weighted by Crippen LogP contribution is 2.50. The molecule has 0 aliphatic heterocycles. The van der Waals surface area contributed by atoms with E-state index in [0.717, 1.165) is 12.1 Å². The number of anilines is 1. The third-order valence-electron chi connectivity index (χ3n) is 3.20. The molecule has 1 heterocycles. The molecule has 1 aliphatic carbocycles. The summed E-state index contributed by atoms with van der Waals surface area (Å²) >= 11 is 0. The number of rotatable bonds is 4. The third-order valence-corrected chi connectivity index (χ3v) is 3.20. The summed E-state index contributed by atoms with van der Waals surface area (Å²) in [7, 11) is 0. The van der Waals surface area contributed by atoms with Crippen LogP contribution in [0.2, 0.25) is 0 Å². The Hall–Kier alpha value is -1.03. The number of nitrogens with zero attached hydrogens (tertiary/aromatic N) is 2. The lowest BCUT2D eigenvalue weighted by molar-refractivity contribution is 0.270. The number of aromatic nitrogens is 2. The molecule has 2 rings (SSSR count). The largest absolute Gasteiger partial charge is 0.394 e. The monoisotopic (exact) mass is 195 g/mol. The van der Waals surface area contributed by atoms with E-state index in [1.54, 1.807) is 4.68 Å². The zero-order valence-corrected chi connectivity index (χ0v) is 8.53. The SMILES string of the molecule is CCC1(c2cc(N)n(CCO)n2)CC1. The number of nitrogen functional groups attached to an aromatic ring is 1. The van der Waals surface area contributed by atoms with Crippen molar-refractivity contribution in [3.63, 3.8) is 0 Å². The average Bonchev–Trinajstić information content (AvgIpc) is 2.89. The molecule has 0 spiro atoms. The van der Waals surface area contributed by atoms with Gasteiger partial charge in [0.05, 0.1) is 18.8 Å². The minimum absolute atomic E-state index is 0.0877. The molecular formula is C10H17N3O. The Kier molecular flexibility index (Phi) is 2.23. The number of nitrogens with two attached hydrogens (primary N) is 1. The van der Waals surface area contributed by atoms with Gasteiger partial charge in [0.2, 0.25) is 0 Å². The average molecular weight is 195 g/mol. The molecule has 1 aliphatic rings. The molecule has 0 bridgehead atoms. The van der Waals surface area contributed by atoms with E-state index in [0.29, 0.717) is 17.8 Å². The van der Waals surface area contributed by atoms with Crippen LogP contribution in [0.1, 0.15) is 31.9 Å². The van der Waals surface area contributed by atoms with E-state index >= 15 is 0 Å². The van der Waals surface area contributed by atoms with Crippen molar-refractivity contribution in [3.8, 4) is 0 Å². The van der Waals surface area contributed by atoms with E-state index in [2.05, 4.69) is 12.0 Å². The van der Waals surface area contributed by atoms with Crippen molar-refractivity contribution in [1.29, 1.82) is 0 Å². The summed E-state index contributed by atoms with van der Waals surface area (Å²) < 4.78 is 1.69. The van der Waals surface area contributed by atoms with Gasteiger partial charge in [-0.3, -0.25) is 0 Å². The van der Waals surface area contributed by atoms with E-state index in [1.807, 2.05) is 6.07 Å². The van der Waals surface area contributed by atoms with Crippen LogP contribution in [0.5, 0.6) is 0 Å². The molecule has 4 heteroatoms. The summed E-state index contributed by atoms with van der Waals surface area (Å²) in [6.45, 7) is 2.77. The first-order valence-corrected chi connectivity index (χ1v) is 5.16. The number of aliphatic hydroxyl groups is 1. The zero-order valence-electron chi connectivity index (χ0n) is 8.53. The van der Waals surface area contributed by atoms with Gasteiger partial charge in [0, 0.05) is 11.5 Å². The maximum Gasteiger partial charge on any atom is 0.122 e. The Morgan fingerprint density at radius 1 is 1.64 bits per heavy atom. The van der Waals surface area contributed by atoms with E-state index in [-0.39, 0.29) is 6.61 Å². The molecule has 0 atom stereocenters. The van der Waals surface area contributed by atoms with Crippen molar-refractivity contribution in [2.45, 2.75) is 38.1 Å². The topological polar surface area (TPSA) is 64.1 Å². The van der Waals surface area contributed by atoms with Crippen LogP contribution in [0.3, 0.4) is 0 Å². The predicted octanol–water partition coefficient (Wildman–Crippen LogP) is 0.899. The first-order valence-electron chi connectivity index (χ1n) is 5.16. The predicted molar refractivity (Wildman–Crippen MR) is 54.9 cm³/mol. The lowest BCUT2D eigenvalue weighted by atomic mass is 10.00. The molecule has 4 nitrogen and oxygen atoms in total. The minimum atomic E-state index is 0.0877. The van der Waals surface area contributed by atoms with Gasteiger partial charge in [0.1, 0.15) is 5.82 Å². The van der Waals surface area contributed by atoms with E-state index in [9.17, 15) is 0 Å². The van der Waals surface area contributed by atoms with Crippen molar-refractivity contribution in [2.75, 3.05) is 12.3 Å². The van der Waals surface area contributed by atoms with Crippen molar-refractivity contribution in [3.05, 3.63) is 11.8 Å². The van der Waals surface area contributed by atoms with Crippen LogP contribution in [0.15, 0.2) is 6.07 Å². The Balaban J connectivity index is 2.24. The Labute approximate surface area is 83.7 Å². The summed E-state index contributed by atoms with van der Waals surface area (Å²) in [5.74, 6) is 0.661. The van der Waals surface area contributed by atoms with Crippen LogP contribution in [0.25, 0.3) is 0 Å². The lowest BCUT2D eigenvalue weighted by Gasteiger charge is -2.07. The van der Waals surface area contributed by atoms with Crippen LogP contribution in [0, 0.1) is 0 Å². The van der Waals surface area contributed by atoms with Crippen LogP contribution in [0.4, 0.5) is 5.82 Å². The number of aliphatic hydroxyl groups excluding tert-OH is 1. The van der Waals surface area contributed by atoms with Crippen LogP contribution >= 0.6 is 0 Å². The third kappa shape index (κ3) is 1.39. The normalized spacial score (nSPS) is 18.4. The maximum atomic E-state index is 8.81. The smallest absolute Gasteiger partial charge is 0.122 e. The molecule has 1 aromatic rings. The fourth-order valence-corrected chi connectivity index (χ4v) is 1.91. The standard InChI is InChI=1S/C10H17N3O/c1-2-10(3-4-10)8-7-9(11)13(12-8)5-6-14/h7,14H,2-6,11H2,1H3. The molecular weight excluding hydrogens is 178 g/mol. The fourth-order valence-electron chi connectivity index (χ4n) is 1.91. The highest BCUT2D eigenvalue weighted by atomic mass is 16.3. The van der Waals surface area contributed by atoms with Gasteiger partial charge >= 0.3 is 0 Å². The van der Waals surface area contributed by atoms with E-state index < -0.39 is 0 Å². The Bertz CT molecular complexity index is 328. The van der Waals surface area contributed by atoms with Gasteiger partial charge in [-0.1, -0.05) is 6.92 Å². The van der Waals surface area contributed by atoms with Gasteiger partial charge in [-0.15, -0.1) is 0 Å². The summed E-state index contributed by atoms with van der Waals surface area (Å²) in [5, 5.41) is 13.2. The second-order valence-electron chi connectivity index (χ2n) is 4.04. The van der Waals surface area contributed by atoms with Gasteiger partial charge in [0.25, 0.3) is 0 Å². The fraction of sp³-hybridized carbons (Fsp3) is 0.700. The Morgan fingerprint density at radius 2 is 2.36 bits per heavy atom. The highest BCUT2D eigenvalue weighted by molar-refractivity contribution is 5.37. The highest BCUT2D eigenvalue weighted by Gasteiger charge is 2.44. The molecule has 1 saturated carbocycles. The minimum Gasteiger partial charge on any atom is -0.394 e. The molecule has 1 aromatic heterocycles. The summed E-state index contributed by atoms with van der Waals surface area (Å²) in [6, 6.07) is 1.95. The van der Waals surface area contributed by atoms with E-state index in [4.69, 9.17) is 10.8 Å². The molecule has 0 radical (unpaired) electrons. The lowest BCUT2D eigenvalue weighted by Crippen LogP contribution is -2.10. The van der Waals surface area contributed by atoms with E-state index in [1.165, 1.54) is 12.8 Å². The van der Waals surface area contributed by atoms with Gasteiger partial charge in [-0.05, 0) is 19.3 Å². The molecule has 14 heavy (non-hydrogen) atoms. The molecule has 0 amide bonds. The molecule has 1 fully saturated rings. The van der Waals surface area contributed by atoms with Crippen LogP contribution in [-0.4, -0.2) is 21.5 Å². The van der Waals surface area contributed by atoms with Gasteiger partial charge in [-0.2, -0.15) is 5.10 Å². The summed E-state index contributed by atoms with van der Waals surface area (Å²) in [4.78, 5) is 0. The molecule has 3 N–H and O–H groups in total. The molecule has 0 aromatic carbocycles. The van der Waals surface area contributed by atoms with Crippen LogP contribution < -0.4 is 5.73 Å². The first kappa shape index (κ1) is 9.52. The summed E-state index contributed by atoms with van der Waals surface area (Å²) in [6.07, 6.45) is 3.57. The molecule has 0 unspecified atom stereocenters. The van der Waals surface area contributed by atoms with Crippen molar-refractivity contribution < 1.29 is 5.11 Å². The molecule has 0 saturated heterocycles. The van der Waals surface area contributed by atoms with Gasteiger partial charge < -0.3 is 10.8 Å². The summed E-state index contributed by atoms with van der Waals surface area (Å²) in [5.41, 5.74) is 7.20. The van der Waals surface area contributed by atoms with Crippen molar-refractivity contribution in [2.24, 2.45) is 0 Å². The van der Waals surface area contributed by atoms with Crippen molar-refractivity contribution in [1.82, 2.24) is 9.78 Å². The van der Waals surface area contributed by atoms with Crippen molar-refractivity contribution >= 4 is 5.82 Å². The number of hydrogen-bond donors (Lipinski definition) is 2. The van der Waals surface area contributed by atoms with Crippen LogP contribution in [-0.2, 0) is 12.0 Å². The molecule has 78 valence electrons. The zero-order chi connectivity index (χ0) is 10.2. The second-order valence-corrected chi connectivity index (χ2v) is 4.04. The van der Waals surface area contributed by atoms with Gasteiger partial charge in [-0.25, -0.2) is 4.68 Å². The second kappa shape index (κ2) is 3.28.